The number of ether oxygens (including phenoxy) is 1. The number of aromatic nitrogens is 2. The lowest BCUT2D eigenvalue weighted by Gasteiger charge is -2.09. The minimum Gasteiger partial charge on any atom is -0.455 e. The lowest BCUT2D eigenvalue weighted by Crippen LogP contribution is -2.24. The Bertz CT molecular complexity index is 1170. The van der Waals surface area contributed by atoms with Gasteiger partial charge in [0.05, 0.1) is 22.4 Å². The summed E-state index contributed by atoms with van der Waals surface area (Å²) >= 11 is 0. The molecule has 3 aromatic rings. The average Bonchev–Trinajstić information content (AvgIpc) is 2.70. The topological polar surface area (TPSA) is 133 Å². The van der Waals surface area contributed by atoms with Gasteiger partial charge in [0, 0.05) is 18.5 Å². The molecule has 0 aliphatic carbocycles. The number of amides is 1. The minimum absolute atomic E-state index is 0.00395. The van der Waals surface area contributed by atoms with Crippen molar-refractivity contribution in [1.29, 1.82) is 0 Å². The number of nitro groups is 1. The first-order chi connectivity index (χ1) is 13.9. The molecule has 10 nitrogen and oxygen atoms in total. The van der Waals surface area contributed by atoms with Gasteiger partial charge < -0.3 is 10.1 Å². The maximum absolute atomic E-state index is 12.1. The summed E-state index contributed by atoms with van der Waals surface area (Å²) < 4.78 is 6.08. The number of carbonyl (C=O) groups excluding carboxylic acids is 2. The van der Waals surface area contributed by atoms with Crippen LogP contribution in [0.2, 0.25) is 0 Å². The van der Waals surface area contributed by atoms with Gasteiger partial charge in [-0.05, 0) is 12.1 Å². The van der Waals surface area contributed by atoms with Crippen LogP contribution in [0.25, 0.3) is 10.8 Å². The third-order valence-electron chi connectivity index (χ3n) is 4.08. The van der Waals surface area contributed by atoms with E-state index in [4.69, 9.17) is 4.74 Å². The molecule has 29 heavy (non-hydrogen) atoms. The molecule has 1 N–H and O–H groups in total. The van der Waals surface area contributed by atoms with Crippen molar-refractivity contribution in [2.75, 3.05) is 11.9 Å². The van der Waals surface area contributed by atoms with E-state index in [9.17, 15) is 24.5 Å². The molecule has 148 valence electrons. The number of fused-ring (bicyclic) bond motifs is 1. The lowest BCUT2D eigenvalue weighted by atomic mass is 10.1. The SMILES string of the molecule is Cn1nc(CC(=O)OCC(=O)Nc2ccccc2[N+](=O)[O-])c2ccccc2c1=O. The number of nitrogens with one attached hydrogen (secondary N) is 1. The van der Waals surface area contributed by atoms with Crippen molar-refractivity contribution in [3.05, 3.63) is 74.7 Å². The number of rotatable bonds is 6. The standard InChI is InChI=1S/C19H16N4O6/c1-22-19(26)13-7-3-2-6-12(13)15(21-22)10-18(25)29-11-17(24)20-14-8-4-5-9-16(14)23(27)28/h2-9H,10-11H2,1H3,(H,20,24). The molecule has 0 atom stereocenters. The lowest BCUT2D eigenvalue weighted by molar-refractivity contribution is -0.383. The second-order valence-electron chi connectivity index (χ2n) is 6.08. The summed E-state index contributed by atoms with van der Waals surface area (Å²) in [4.78, 5) is 46.6. The number of aryl methyl sites for hydroxylation is 1. The van der Waals surface area contributed by atoms with E-state index in [-0.39, 0.29) is 23.4 Å². The molecule has 0 spiro atoms. The maximum atomic E-state index is 12.1. The Kier molecular flexibility index (Phi) is 5.63. The number of benzene rings is 2. The van der Waals surface area contributed by atoms with Crippen molar-refractivity contribution in [1.82, 2.24) is 9.78 Å². The molecule has 1 heterocycles. The zero-order valence-electron chi connectivity index (χ0n) is 15.3. The molecule has 10 heteroatoms. The smallest absolute Gasteiger partial charge is 0.312 e. The van der Waals surface area contributed by atoms with Crippen molar-refractivity contribution >= 4 is 34.0 Å². The van der Waals surface area contributed by atoms with Crippen LogP contribution in [0, 0.1) is 10.1 Å². The third kappa shape index (κ3) is 4.43. The molecule has 0 fully saturated rings. The highest BCUT2D eigenvalue weighted by atomic mass is 16.6. The van der Waals surface area contributed by atoms with Crippen molar-refractivity contribution in [3.8, 4) is 0 Å². The molecule has 0 saturated heterocycles. The van der Waals surface area contributed by atoms with E-state index in [1.54, 1.807) is 24.3 Å². The molecule has 1 aromatic heterocycles. The average molecular weight is 396 g/mol. The summed E-state index contributed by atoms with van der Waals surface area (Å²) in [6.45, 7) is -0.616. The van der Waals surface area contributed by atoms with E-state index >= 15 is 0 Å². The van der Waals surface area contributed by atoms with Gasteiger partial charge in [0.15, 0.2) is 6.61 Å². The van der Waals surface area contributed by atoms with Crippen LogP contribution < -0.4 is 10.9 Å². The Morgan fingerprint density at radius 2 is 1.79 bits per heavy atom. The molecular formula is C19H16N4O6. The second kappa shape index (κ2) is 8.30. The fourth-order valence-corrected chi connectivity index (χ4v) is 2.77. The summed E-state index contributed by atoms with van der Waals surface area (Å²) in [5, 5.41) is 18.3. The van der Waals surface area contributed by atoms with E-state index in [2.05, 4.69) is 10.4 Å². The predicted octanol–water partition coefficient (Wildman–Crippen LogP) is 1.57. The van der Waals surface area contributed by atoms with Crippen molar-refractivity contribution in [2.45, 2.75) is 6.42 Å². The van der Waals surface area contributed by atoms with Crippen LogP contribution >= 0.6 is 0 Å². The molecule has 0 unspecified atom stereocenters. The van der Waals surface area contributed by atoms with Gasteiger partial charge in [-0.2, -0.15) is 5.10 Å². The van der Waals surface area contributed by atoms with E-state index in [0.717, 1.165) is 4.68 Å². The Balaban J connectivity index is 1.66. The zero-order valence-corrected chi connectivity index (χ0v) is 15.3. The number of hydrogen-bond donors (Lipinski definition) is 1. The van der Waals surface area contributed by atoms with Crippen LogP contribution in [0.5, 0.6) is 0 Å². The van der Waals surface area contributed by atoms with Crippen LogP contribution in [0.15, 0.2) is 53.3 Å². The van der Waals surface area contributed by atoms with E-state index in [1.807, 2.05) is 0 Å². The Morgan fingerprint density at radius 3 is 2.52 bits per heavy atom. The van der Waals surface area contributed by atoms with Crippen LogP contribution in [0.3, 0.4) is 0 Å². The van der Waals surface area contributed by atoms with E-state index < -0.39 is 23.4 Å². The fraction of sp³-hybridized carbons (Fsp3) is 0.158. The minimum atomic E-state index is -0.723. The Morgan fingerprint density at radius 1 is 1.14 bits per heavy atom. The molecule has 2 aromatic carbocycles. The number of nitro benzene ring substituents is 1. The highest BCUT2D eigenvalue weighted by Gasteiger charge is 2.17. The zero-order chi connectivity index (χ0) is 21.0. The van der Waals surface area contributed by atoms with Gasteiger partial charge in [0.25, 0.3) is 17.2 Å². The quantitative estimate of drug-likeness (QED) is 0.380. The normalized spacial score (nSPS) is 10.5. The first kappa shape index (κ1) is 19.7. The largest absolute Gasteiger partial charge is 0.455 e. The van der Waals surface area contributed by atoms with Crippen LogP contribution in [0.4, 0.5) is 11.4 Å². The van der Waals surface area contributed by atoms with E-state index in [0.29, 0.717) is 16.5 Å². The van der Waals surface area contributed by atoms with Gasteiger partial charge in [-0.15, -0.1) is 0 Å². The van der Waals surface area contributed by atoms with Crippen LogP contribution in [-0.2, 0) is 27.8 Å². The Labute approximate surface area is 163 Å². The number of para-hydroxylation sites is 2. The fourth-order valence-electron chi connectivity index (χ4n) is 2.77. The van der Waals surface area contributed by atoms with Gasteiger partial charge in [0.1, 0.15) is 5.69 Å². The molecule has 0 radical (unpaired) electrons. The second-order valence-corrected chi connectivity index (χ2v) is 6.08. The van der Waals surface area contributed by atoms with Gasteiger partial charge in [-0.1, -0.05) is 30.3 Å². The molecule has 0 bridgehead atoms. The summed E-state index contributed by atoms with van der Waals surface area (Å²) in [5.41, 5.74) is -0.217. The van der Waals surface area contributed by atoms with Crippen molar-refractivity contribution < 1.29 is 19.2 Å². The van der Waals surface area contributed by atoms with Crippen LogP contribution in [-0.4, -0.2) is 33.2 Å². The van der Waals surface area contributed by atoms with Gasteiger partial charge in [0.2, 0.25) is 0 Å². The Hall–Kier alpha value is -4.08. The summed E-state index contributed by atoms with van der Waals surface area (Å²) in [6, 6.07) is 12.4. The molecular weight excluding hydrogens is 380 g/mol. The third-order valence-corrected chi connectivity index (χ3v) is 4.08. The van der Waals surface area contributed by atoms with Gasteiger partial charge in [-0.3, -0.25) is 24.5 Å². The summed E-state index contributed by atoms with van der Waals surface area (Å²) in [6.07, 6.45) is -0.243. The van der Waals surface area contributed by atoms with Gasteiger partial charge >= 0.3 is 5.97 Å². The highest BCUT2D eigenvalue weighted by Crippen LogP contribution is 2.23. The molecule has 1 amide bonds. The summed E-state index contributed by atoms with van der Waals surface area (Å²) in [7, 11) is 1.48. The van der Waals surface area contributed by atoms with Gasteiger partial charge in [-0.25, -0.2) is 4.68 Å². The monoisotopic (exact) mass is 396 g/mol. The number of nitrogens with zero attached hydrogens (tertiary/aromatic N) is 3. The van der Waals surface area contributed by atoms with Crippen molar-refractivity contribution in [3.63, 3.8) is 0 Å². The number of anilines is 1. The molecule has 0 aliphatic rings. The maximum Gasteiger partial charge on any atom is 0.312 e. The van der Waals surface area contributed by atoms with Crippen LogP contribution in [0.1, 0.15) is 5.69 Å². The molecule has 0 saturated carbocycles. The number of carbonyl (C=O) groups is 2. The number of hydrogen-bond acceptors (Lipinski definition) is 7. The predicted molar refractivity (Wildman–Crippen MR) is 103 cm³/mol. The summed E-state index contributed by atoms with van der Waals surface area (Å²) in [5.74, 6) is -1.44. The highest BCUT2D eigenvalue weighted by molar-refractivity contribution is 5.95. The molecule has 3 rings (SSSR count). The first-order valence-electron chi connectivity index (χ1n) is 8.50. The number of esters is 1. The van der Waals surface area contributed by atoms with E-state index in [1.165, 1.54) is 31.3 Å². The molecule has 0 aliphatic heterocycles. The first-order valence-corrected chi connectivity index (χ1v) is 8.50. The van der Waals surface area contributed by atoms with Crippen molar-refractivity contribution in [2.24, 2.45) is 7.05 Å².